The molecule has 0 bridgehead atoms. The van der Waals surface area contributed by atoms with Crippen LogP contribution in [0.1, 0.15) is 39.5 Å². The van der Waals surface area contributed by atoms with E-state index in [4.69, 9.17) is 10.5 Å². The van der Waals surface area contributed by atoms with Gasteiger partial charge in [0.05, 0.1) is 11.0 Å². The number of rotatable bonds is 6. The maximum atomic E-state index is 12.0. The van der Waals surface area contributed by atoms with Crippen LogP contribution in [0.15, 0.2) is 0 Å². The number of nitrogens with one attached hydrogen (secondary N) is 1. The second-order valence-electron chi connectivity index (χ2n) is 5.04. The molecule has 0 spiro atoms. The van der Waals surface area contributed by atoms with Crippen LogP contribution in [0.25, 0.3) is 0 Å². The SMILES string of the molecule is CCC(C)(CN)C(=O)NCC1(OC)CCC1. The molecule has 1 amide bonds. The van der Waals surface area contributed by atoms with Crippen LogP contribution in [0.3, 0.4) is 0 Å². The van der Waals surface area contributed by atoms with E-state index in [0.29, 0.717) is 13.1 Å². The highest BCUT2D eigenvalue weighted by Gasteiger charge is 2.39. The fraction of sp³-hybridized carbons (Fsp3) is 0.917. The van der Waals surface area contributed by atoms with Crippen molar-refractivity contribution in [1.82, 2.24) is 5.32 Å². The topological polar surface area (TPSA) is 64.4 Å². The quantitative estimate of drug-likeness (QED) is 0.714. The van der Waals surface area contributed by atoms with Gasteiger partial charge in [0.25, 0.3) is 0 Å². The van der Waals surface area contributed by atoms with Gasteiger partial charge in [-0.3, -0.25) is 4.79 Å². The predicted molar refractivity (Wildman–Crippen MR) is 64.1 cm³/mol. The Labute approximate surface area is 97.9 Å². The van der Waals surface area contributed by atoms with E-state index >= 15 is 0 Å². The lowest BCUT2D eigenvalue weighted by Gasteiger charge is -2.41. The zero-order chi connectivity index (χ0) is 12.2. The predicted octanol–water partition coefficient (Wildman–Crippen LogP) is 1.05. The molecule has 1 saturated carbocycles. The van der Waals surface area contributed by atoms with Crippen molar-refractivity contribution in [3.8, 4) is 0 Å². The smallest absolute Gasteiger partial charge is 0.227 e. The molecule has 0 aliphatic heterocycles. The summed E-state index contributed by atoms with van der Waals surface area (Å²) in [6, 6.07) is 0. The minimum absolute atomic E-state index is 0.0424. The van der Waals surface area contributed by atoms with Crippen LogP contribution in [0.4, 0.5) is 0 Å². The van der Waals surface area contributed by atoms with Gasteiger partial charge in [0.1, 0.15) is 0 Å². The van der Waals surface area contributed by atoms with E-state index in [2.05, 4.69) is 5.32 Å². The average Bonchev–Trinajstić information content (AvgIpc) is 2.26. The molecule has 94 valence electrons. The summed E-state index contributed by atoms with van der Waals surface area (Å²) in [6.45, 7) is 4.89. The third-order valence-electron chi connectivity index (χ3n) is 4.05. The molecule has 1 aliphatic carbocycles. The summed E-state index contributed by atoms with van der Waals surface area (Å²) in [4.78, 5) is 12.0. The molecule has 0 aromatic carbocycles. The Kier molecular flexibility index (Phi) is 4.33. The summed E-state index contributed by atoms with van der Waals surface area (Å²) >= 11 is 0. The van der Waals surface area contributed by atoms with Gasteiger partial charge in [-0.05, 0) is 32.6 Å². The normalized spacial score (nSPS) is 22.0. The standard InChI is InChI=1S/C12H24N2O2/c1-4-11(2,8-13)10(15)14-9-12(16-3)6-5-7-12/h4-9,13H2,1-3H3,(H,14,15). The van der Waals surface area contributed by atoms with E-state index in [0.717, 1.165) is 19.3 Å². The summed E-state index contributed by atoms with van der Waals surface area (Å²) in [6.07, 6.45) is 4.02. The molecule has 3 N–H and O–H groups in total. The number of methoxy groups -OCH3 is 1. The molecular formula is C12H24N2O2. The molecule has 16 heavy (non-hydrogen) atoms. The maximum Gasteiger partial charge on any atom is 0.227 e. The van der Waals surface area contributed by atoms with Crippen molar-refractivity contribution < 1.29 is 9.53 Å². The fourth-order valence-corrected chi connectivity index (χ4v) is 1.88. The molecule has 1 atom stereocenters. The lowest BCUT2D eigenvalue weighted by Crippen LogP contribution is -2.53. The van der Waals surface area contributed by atoms with Crippen LogP contribution in [0.2, 0.25) is 0 Å². The van der Waals surface area contributed by atoms with Crippen LogP contribution in [-0.2, 0) is 9.53 Å². The Morgan fingerprint density at radius 3 is 2.50 bits per heavy atom. The Bertz CT molecular complexity index is 240. The zero-order valence-corrected chi connectivity index (χ0v) is 10.6. The van der Waals surface area contributed by atoms with Crippen LogP contribution < -0.4 is 11.1 Å². The van der Waals surface area contributed by atoms with Crippen LogP contribution >= 0.6 is 0 Å². The number of nitrogens with two attached hydrogens (primary N) is 1. The van der Waals surface area contributed by atoms with Gasteiger partial charge in [-0.1, -0.05) is 6.92 Å². The van der Waals surface area contributed by atoms with Gasteiger partial charge in [-0.2, -0.15) is 0 Å². The second-order valence-corrected chi connectivity index (χ2v) is 5.04. The number of hydrogen-bond acceptors (Lipinski definition) is 3. The molecule has 0 saturated heterocycles. The van der Waals surface area contributed by atoms with Gasteiger partial charge in [-0.25, -0.2) is 0 Å². The summed E-state index contributed by atoms with van der Waals surface area (Å²) in [5, 5.41) is 2.97. The molecular weight excluding hydrogens is 204 g/mol. The number of hydrogen-bond donors (Lipinski definition) is 2. The van der Waals surface area contributed by atoms with Crippen molar-refractivity contribution in [1.29, 1.82) is 0 Å². The molecule has 0 aromatic heterocycles. The second kappa shape index (κ2) is 5.15. The van der Waals surface area contributed by atoms with Gasteiger partial charge in [0, 0.05) is 20.2 Å². The molecule has 1 aliphatic rings. The number of carbonyl (C=O) groups excluding carboxylic acids is 1. The molecule has 0 aromatic rings. The Balaban J connectivity index is 2.45. The van der Waals surface area contributed by atoms with Crippen LogP contribution in [0, 0.1) is 5.41 Å². The first-order valence-corrected chi connectivity index (χ1v) is 6.05. The number of carbonyl (C=O) groups is 1. The number of ether oxygens (including phenoxy) is 1. The average molecular weight is 228 g/mol. The fourth-order valence-electron chi connectivity index (χ4n) is 1.88. The van der Waals surface area contributed by atoms with E-state index in [1.54, 1.807) is 7.11 Å². The van der Waals surface area contributed by atoms with Crippen molar-refractivity contribution in [2.45, 2.75) is 45.1 Å². The molecule has 1 unspecified atom stereocenters. The summed E-state index contributed by atoms with van der Waals surface area (Å²) in [5.74, 6) is 0.0424. The largest absolute Gasteiger partial charge is 0.376 e. The molecule has 1 rings (SSSR count). The number of amides is 1. The van der Waals surface area contributed by atoms with Gasteiger partial charge >= 0.3 is 0 Å². The Morgan fingerprint density at radius 1 is 1.56 bits per heavy atom. The summed E-state index contributed by atoms with van der Waals surface area (Å²) < 4.78 is 5.46. The van der Waals surface area contributed by atoms with Crippen molar-refractivity contribution in [2.24, 2.45) is 11.1 Å². The third kappa shape index (κ3) is 2.55. The molecule has 0 heterocycles. The van der Waals surface area contributed by atoms with Crippen LogP contribution in [-0.4, -0.2) is 31.7 Å². The van der Waals surface area contributed by atoms with Gasteiger partial charge in [0.2, 0.25) is 5.91 Å². The monoisotopic (exact) mass is 228 g/mol. The van der Waals surface area contributed by atoms with E-state index in [-0.39, 0.29) is 11.5 Å². The van der Waals surface area contributed by atoms with Crippen LogP contribution in [0.5, 0.6) is 0 Å². The molecule has 4 nitrogen and oxygen atoms in total. The van der Waals surface area contributed by atoms with Gasteiger partial charge < -0.3 is 15.8 Å². The van der Waals surface area contributed by atoms with Crippen molar-refractivity contribution in [3.05, 3.63) is 0 Å². The maximum absolute atomic E-state index is 12.0. The molecule has 4 heteroatoms. The lowest BCUT2D eigenvalue weighted by atomic mass is 9.79. The highest BCUT2D eigenvalue weighted by Crippen LogP contribution is 2.34. The summed E-state index contributed by atoms with van der Waals surface area (Å²) in [5.41, 5.74) is 5.09. The van der Waals surface area contributed by atoms with E-state index in [9.17, 15) is 4.79 Å². The van der Waals surface area contributed by atoms with Gasteiger partial charge in [0.15, 0.2) is 0 Å². The van der Waals surface area contributed by atoms with Crippen molar-refractivity contribution in [2.75, 3.05) is 20.2 Å². The van der Waals surface area contributed by atoms with E-state index in [1.165, 1.54) is 6.42 Å². The first-order valence-electron chi connectivity index (χ1n) is 6.05. The minimum atomic E-state index is -0.446. The zero-order valence-electron chi connectivity index (χ0n) is 10.6. The summed E-state index contributed by atoms with van der Waals surface area (Å²) in [7, 11) is 1.72. The first kappa shape index (κ1) is 13.5. The Hall–Kier alpha value is -0.610. The third-order valence-corrected chi connectivity index (χ3v) is 4.05. The van der Waals surface area contributed by atoms with E-state index < -0.39 is 5.41 Å². The minimum Gasteiger partial charge on any atom is -0.376 e. The highest BCUT2D eigenvalue weighted by atomic mass is 16.5. The molecule has 1 fully saturated rings. The van der Waals surface area contributed by atoms with Crippen molar-refractivity contribution >= 4 is 5.91 Å². The Morgan fingerprint density at radius 2 is 2.19 bits per heavy atom. The van der Waals surface area contributed by atoms with Gasteiger partial charge in [-0.15, -0.1) is 0 Å². The van der Waals surface area contributed by atoms with E-state index in [1.807, 2.05) is 13.8 Å². The first-order chi connectivity index (χ1) is 7.52. The van der Waals surface area contributed by atoms with Crippen molar-refractivity contribution in [3.63, 3.8) is 0 Å². The highest BCUT2D eigenvalue weighted by molar-refractivity contribution is 5.82. The molecule has 0 radical (unpaired) electrons. The lowest BCUT2D eigenvalue weighted by molar-refractivity contribution is -0.133.